The van der Waals surface area contributed by atoms with E-state index < -0.39 is 12.2 Å². The van der Waals surface area contributed by atoms with Gasteiger partial charge in [-0.2, -0.15) is 0 Å². The van der Waals surface area contributed by atoms with Crippen molar-refractivity contribution < 1.29 is 28.3 Å². The van der Waals surface area contributed by atoms with E-state index in [4.69, 9.17) is 4.74 Å². The monoisotopic (exact) mass is 496 g/mol. The molecule has 2 aromatic rings. The van der Waals surface area contributed by atoms with E-state index in [1.54, 1.807) is 36.4 Å². The number of ether oxygens (including phenoxy) is 1. The Morgan fingerprint density at radius 3 is 2.44 bits per heavy atom. The van der Waals surface area contributed by atoms with Gasteiger partial charge in [0, 0.05) is 44.1 Å². The number of amides is 3. The van der Waals surface area contributed by atoms with Crippen LogP contribution in [0.1, 0.15) is 43.0 Å². The molecule has 0 bridgehead atoms. The van der Waals surface area contributed by atoms with Crippen LogP contribution in [-0.2, 0) is 14.3 Å². The zero-order valence-corrected chi connectivity index (χ0v) is 20.1. The van der Waals surface area contributed by atoms with E-state index in [0.717, 1.165) is 25.9 Å². The predicted molar refractivity (Wildman–Crippen MR) is 133 cm³/mol. The second kappa shape index (κ2) is 11.2. The summed E-state index contributed by atoms with van der Waals surface area (Å²) in [5.74, 6) is -1.12. The molecule has 2 N–H and O–H groups in total. The number of nitrogens with one attached hydrogen (secondary N) is 2. The standard InChI is InChI=1S/C26H29FN4O5/c1-17(32)29-19-6-4-18(5-7-19)24(33)10-11-25(34)28-15-21-16-31(26(35)36-21)20-8-9-23(22(27)14-20)30-12-2-3-13-30/h4-9,14,21H,2-3,10-13,15-16H2,1H3,(H,28,34)(H,29,32)/t21-/m0/s1. The molecule has 3 amide bonds. The molecule has 0 aromatic heterocycles. The minimum Gasteiger partial charge on any atom is -0.442 e. The fourth-order valence-electron chi connectivity index (χ4n) is 4.35. The Morgan fingerprint density at radius 2 is 1.78 bits per heavy atom. The van der Waals surface area contributed by atoms with Crippen LogP contribution < -0.4 is 20.4 Å². The third-order valence-corrected chi connectivity index (χ3v) is 6.20. The van der Waals surface area contributed by atoms with Crippen molar-refractivity contribution in [1.29, 1.82) is 0 Å². The van der Waals surface area contributed by atoms with Gasteiger partial charge in [-0.05, 0) is 55.3 Å². The second-order valence-electron chi connectivity index (χ2n) is 8.93. The molecule has 0 aliphatic carbocycles. The summed E-state index contributed by atoms with van der Waals surface area (Å²) in [4.78, 5) is 51.3. The van der Waals surface area contributed by atoms with E-state index in [2.05, 4.69) is 10.6 Å². The normalized spacial score (nSPS) is 17.2. The molecule has 0 radical (unpaired) electrons. The van der Waals surface area contributed by atoms with Crippen molar-refractivity contribution in [1.82, 2.24) is 5.32 Å². The lowest BCUT2D eigenvalue weighted by Crippen LogP contribution is -2.34. The van der Waals surface area contributed by atoms with Crippen LogP contribution in [0.4, 0.5) is 26.2 Å². The molecule has 2 saturated heterocycles. The first-order valence-electron chi connectivity index (χ1n) is 12.0. The van der Waals surface area contributed by atoms with Crippen LogP contribution in [-0.4, -0.2) is 56.0 Å². The van der Waals surface area contributed by atoms with Crippen LogP contribution in [0, 0.1) is 5.82 Å². The van der Waals surface area contributed by atoms with E-state index in [9.17, 15) is 23.6 Å². The molecule has 2 aliphatic heterocycles. The summed E-state index contributed by atoms with van der Waals surface area (Å²) in [5.41, 5.74) is 1.97. The summed E-state index contributed by atoms with van der Waals surface area (Å²) in [6.07, 6.45) is 0.896. The summed E-state index contributed by atoms with van der Waals surface area (Å²) in [6.45, 7) is 3.31. The van der Waals surface area contributed by atoms with Crippen molar-refractivity contribution in [2.24, 2.45) is 0 Å². The molecule has 2 aromatic carbocycles. The van der Waals surface area contributed by atoms with Crippen LogP contribution in [0.3, 0.4) is 0 Å². The molecule has 1 atom stereocenters. The van der Waals surface area contributed by atoms with Crippen molar-refractivity contribution in [2.75, 3.05) is 41.3 Å². The number of nitrogens with zero attached hydrogens (tertiary/aromatic N) is 2. The van der Waals surface area contributed by atoms with Gasteiger partial charge in [-0.3, -0.25) is 19.3 Å². The van der Waals surface area contributed by atoms with Gasteiger partial charge in [-0.15, -0.1) is 0 Å². The highest BCUT2D eigenvalue weighted by Crippen LogP contribution is 2.29. The van der Waals surface area contributed by atoms with E-state index in [1.165, 1.54) is 17.9 Å². The van der Waals surface area contributed by atoms with Crippen LogP contribution in [0.25, 0.3) is 0 Å². The number of carbonyl (C=O) groups excluding carboxylic acids is 4. The quantitative estimate of drug-likeness (QED) is 0.515. The lowest BCUT2D eigenvalue weighted by atomic mass is 10.1. The van der Waals surface area contributed by atoms with E-state index in [1.807, 2.05) is 4.90 Å². The Kier molecular flexibility index (Phi) is 7.82. The smallest absolute Gasteiger partial charge is 0.414 e. The van der Waals surface area contributed by atoms with Gasteiger partial charge in [0.2, 0.25) is 11.8 Å². The third kappa shape index (κ3) is 6.18. The van der Waals surface area contributed by atoms with E-state index in [0.29, 0.717) is 22.6 Å². The van der Waals surface area contributed by atoms with Gasteiger partial charge in [-0.1, -0.05) is 0 Å². The molecule has 2 heterocycles. The van der Waals surface area contributed by atoms with Gasteiger partial charge in [-0.25, -0.2) is 9.18 Å². The number of hydrogen-bond acceptors (Lipinski definition) is 6. The molecule has 36 heavy (non-hydrogen) atoms. The van der Waals surface area contributed by atoms with Crippen LogP contribution in [0.2, 0.25) is 0 Å². The summed E-state index contributed by atoms with van der Waals surface area (Å²) in [7, 11) is 0. The zero-order valence-electron chi connectivity index (χ0n) is 20.1. The lowest BCUT2D eigenvalue weighted by molar-refractivity contribution is -0.121. The molecule has 0 saturated carbocycles. The number of ketones is 1. The maximum Gasteiger partial charge on any atom is 0.414 e. The fourth-order valence-corrected chi connectivity index (χ4v) is 4.35. The number of Topliss-reactive ketones (excluding diaryl/α,β-unsaturated/α-hetero) is 1. The first kappa shape index (κ1) is 25.2. The molecule has 2 aliphatic rings. The van der Waals surface area contributed by atoms with Crippen molar-refractivity contribution in [3.8, 4) is 0 Å². The summed E-state index contributed by atoms with van der Waals surface area (Å²) in [6, 6.07) is 11.2. The van der Waals surface area contributed by atoms with Gasteiger partial charge in [0.05, 0.1) is 24.5 Å². The summed E-state index contributed by atoms with van der Waals surface area (Å²) >= 11 is 0. The van der Waals surface area contributed by atoms with E-state index in [-0.39, 0.29) is 49.3 Å². The molecule has 0 spiro atoms. The van der Waals surface area contributed by atoms with Crippen LogP contribution in [0.15, 0.2) is 42.5 Å². The topological polar surface area (TPSA) is 108 Å². The number of hydrogen-bond donors (Lipinski definition) is 2. The Bertz CT molecular complexity index is 1150. The number of carbonyl (C=O) groups is 4. The van der Waals surface area contributed by atoms with Gasteiger partial charge in [0.25, 0.3) is 0 Å². The maximum atomic E-state index is 14.7. The predicted octanol–water partition coefficient (Wildman–Crippen LogP) is 3.49. The number of benzene rings is 2. The first-order chi connectivity index (χ1) is 17.3. The van der Waals surface area contributed by atoms with Gasteiger partial charge in [0.1, 0.15) is 11.9 Å². The Hall–Kier alpha value is -3.95. The highest BCUT2D eigenvalue weighted by atomic mass is 19.1. The SMILES string of the molecule is CC(=O)Nc1ccc(C(=O)CCC(=O)NC[C@H]2CN(c3ccc(N4CCCC4)c(F)c3)C(=O)O2)cc1. The van der Waals surface area contributed by atoms with Crippen molar-refractivity contribution in [2.45, 2.75) is 38.7 Å². The Morgan fingerprint density at radius 1 is 1.06 bits per heavy atom. The molecular formula is C26H29FN4O5. The minimum absolute atomic E-state index is 0.0141. The summed E-state index contributed by atoms with van der Waals surface area (Å²) < 4.78 is 20.0. The number of halogens is 1. The third-order valence-electron chi connectivity index (χ3n) is 6.20. The van der Waals surface area contributed by atoms with E-state index >= 15 is 0 Å². The molecule has 2 fully saturated rings. The highest BCUT2D eigenvalue weighted by Gasteiger charge is 2.33. The van der Waals surface area contributed by atoms with Crippen LogP contribution in [0.5, 0.6) is 0 Å². The average molecular weight is 497 g/mol. The Labute approximate surface area is 208 Å². The lowest BCUT2D eigenvalue weighted by Gasteiger charge is -2.20. The molecule has 190 valence electrons. The zero-order chi connectivity index (χ0) is 25.7. The minimum atomic E-state index is -0.597. The molecule has 0 unspecified atom stereocenters. The first-order valence-corrected chi connectivity index (χ1v) is 12.0. The van der Waals surface area contributed by atoms with Crippen molar-refractivity contribution in [3.63, 3.8) is 0 Å². The number of anilines is 3. The molecule has 9 nitrogen and oxygen atoms in total. The maximum absolute atomic E-state index is 14.7. The van der Waals surface area contributed by atoms with Gasteiger partial charge < -0.3 is 20.3 Å². The number of cyclic esters (lactones) is 1. The number of rotatable bonds is 9. The van der Waals surface area contributed by atoms with Crippen molar-refractivity contribution >= 4 is 40.8 Å². The molecule has 4 rings (SSSR count). The second-order valence-corrected chi connectivity index (χ2v) is 8.93. The fraction of sp³-hybridized carbons (Fsp3) is 0.385. The Balaban J connectivity index is 1.23. The molecule has 10 heteroatoms. The largest absolute Gasteiger partial charge is 0.442 e. The van der Waals surface area contributed by atoms with Gasteiger partial charge >= 0.3 is 6.09 Å². The van der Waals surface area contributed by atoms with Crippen molar-refractivity contribution in [3.05, 3.63) is 53.8 Å². The van der Waals surface area contributed by atoms with Crippen LogP contribution >= 0.6 is 0 Å². The molecular weight excluding hydrogens is 467 g/mol. The highest BCUT2D eigenvalue weighted by molar-refractivity contribution is 5.98. The van der Waals surface area contributed by atoms with Gasteiger partial charge in [0.15, 0.2) is 5.78 Å². The summed E-state index contributed by atoms with van der Waals surface area (Å²) in [5, 5.41) is 5.31. The average Bonchev–Trinajstić information content (AvgIpc) is 3.51.